The highest BCUT2D eigenvalue weighted by Crippen LogP contribution is 2.30. The van der Waals surface area contributed by atoms with Crippen molar-refractivity contribution in [2.24, 2.45) is 10.2 Å². The number of nitrogens with zero attached hydrogens (tertiary/aromatic N) is 5. The SMILES string of the molecule is C=Cc1ccc(O[PH](=S)N(C)/N=C/c2ccc(OC(C)(CC)N=[N+]=[N-])cc2)cc1. The zero-order chi connectivity index (χ0) is 21.3. The predicted octanol–water partition coefficient (Wildman–Crippen LogP) is 6.00. The Kier molecular flexibility index (Phi) is 8.28. The molecule has 2 unspecified atom stereocenters. The number of hydrazone groups is 1. The fraction of sp³-hybridized carbons (Fsp3) is 0.250. The summed E-state index contributed by atoms with van der Waals surface area (Å²) in [5, 5.41) is 8.09. The van der Waals surface area contributed by atoms with Gasteiger partial charge >= 0.3 is 0 Å². The number of hydrogen-bond donors (Lipinski definition) is 0. The molecular weight excluding hydrogens is 405 g/mol. The van der Waals surface area contributed by atoms with Crippen molar-refractivity contribution in [1.82, 2.24) is 4.78 Å². The summed E-state index contributed by atoms with van der Waals surface area (Å²) in [4.78, 5) is 2.85. The van der Waals surface area contributed by atoms with Gasteiger partial charge in [-0.05, 0) is 83.3 Å². The monoisotopic (exact) mass is 429 g/mol. The first-order valence-corrected chi connectivity index (χ1v) is 11.5. The van der Waals surface area contributed by atoms with Crippen LogP contribution in [0.2, 0.25) is 0 Å². The third-order valence-corrected chi connectivity index (χ3v) is 6.19. The molecule has 9 heteroatoms. The van der Waals surface area contributed by atoms with Gasteiger partial charge in [0.2, 0.25) is 7.07 Å². The first kappa shape index (κ1) is 22.5. The van der Waals surface area contributed by atoms with Crippen LogP contribution in [0.25, 0.3) is 16.5 Å². The topological polar surface area (TPSA) is 82.8 Å². The standard InChI is InChI=1S/C20H24N5O2PS/c1-5-16-7-13-19(14-8-16)27-28(29)25(4)22-15-17-9-11-18(12-10-17)26-20(3,6-2)23-24-21/h5,7-15,28H,1,6H2,2-4H3/b22-15+. The van der Waals surface area contributed by atoms with Gasteiger partial charge in [-0.25, -0.2) is 4.78 Å². The van der Waals surface area contributed by atoms with Crippen LogP contribution in [0.15, 0.2) is 65.3 Å². The Morgan fingerprint density at radius 2 is 1.76 bits per heavy atom. The molecule has 0 heterocycles. The second kappa shape index (κ2) is 10.7. The van der Waals surface area contributed by atoms with E-state index in [2.05, 4.69) is 21.7 Å². The third kappa shape index (κ3) is 6.95. The van der Waals surface area contributed by atoms with E-state index in [1.807, 2.05) is 43.3 Å². The molecule has 152 valence electrons. The molecule has 29 heavy (non-hydrogen) atoms. The van der Waals surface area contributed by atoms with Crippen molar-refractivity contribution >= 4 is 31.2 Å². The highest BCUT2D eigenvalue weighted by molar-refractivity contribution is 8.02. The highest BCUT2D eigenvalue weighted by Gasteiger charge is 2.22. The smallest absolute Gasteiger partial charge is 0.207 e. The van der Waals surface area contributed by atoms with Crippen LogP contribution in [0.5, 0.6) is 11.5 Å². The minimum absolute atomic E-state index is 0.561. The molecule has 0 aromatic heterocycles. The van der Waals surface area contributed by atoms with Crippen molar-refractivity contribution in [3.05, 3.63) is 76.7 Å². The lowest BCUT2D eigenvalue weighted by molar-refractivity contribution is 0.0921. The molecular formula is C20H24N5O2PS. The summed E-state index contributed by atoms with van der Waals surface area (Å²) in [6.07, 6.45) is 4.04. The van der Waals surface area contributed by atoms with E-state index >= 15 is 0 Å². The number of benzene rings is 2. The van der Waals surface area contributed by atoms with Crippen LogP contribution in [0.3, 0.4) is 0 Å². The Morgan fingerprint density at radius 3 is 2.31 bits per heavy atom. The number of rotatable bonds is 10. The minimum atomic E-state index is -1.73. The summed E-state index contributed by atoms with van der Waals surface area (Å²) in [5.41, 5.74) is 9.67. The van der Waals surface area contributed by atoms with E-state index in [1.54, 1.807) is 43.2 Å². The summed E-state index contributed by atoms with van der Waals surface area (Å²) >= 11 is 5.45. The van der Waals surface area contributed by atoms with Gasteiger partial charge in [-0.3, -0.25) is 0 Å². The van der Waals surface area contributed by atoms with Crippen molar-refractivity contribution in [3.8, 4) is 11.5 Å². The fourth-order valence-corrected chi connectivity index (χ4v) is 3.22. The van der Waals surface area contributed by atoms with Crippen molar-refractivity contribution in [2.75, 3.05) is 7.05 Å². The average Bonchev–Trinajstić information content (AvgIpc) is 2.73. The fourth-order valence-electron chi connectivity index (χ4n) is 2.17. The van der Waals surface area contributed by atoms with Gasteiger partial charge in [0.05, 0.1) is 6.21 Å². The van der Waals surface area contributed by atoms with Gasteiger partial charge < -0.3 is 9.26 Å². The summed E-state index contributed by atoms with van der Waals surface area (Å²) in [6.45, 7) is 7.37. The van der Waals surface area contributed by atoms with Gasteiger partial charge in [0.25, 0.3) is 0 Å². The Morgan fingerprint density at radius 1 is 1.17 bits per heavy atom. The molecule has 0 aliphatic rings. The molecule has 0 aliphatic carbocycles. The molecule has 2 atom stereocenters. The van der Waals surface area contributed by atoms with Crippen LogP contribution in [0.4, 0.5) is 0 Å². The van der Waals surface area contributed by atoms with Crippen molar-refractivity contribution < 1.29 is 9.26 Å². The van der Waals surface area contributed by atoms with Crippen molar-refractivity contribution in [3.63, 3.8) is 0 Å². The van der Waals surface area contributed by atoms with Gasteiger partial charge in [0, 0.05) is 12.0 Å². The minimum Gasteiger partial charge on any atom is -0.481 e. The lowest BCUT2D eigenvalue weighted by atomic mass is 10.2. The van der Waals surface area contributed by atoms with E-state index in [1.165, 1.54) is 0 Å². The number of azide groups is 1. The predicted molar refractivity (Wildman–Crippen MR) is 123 cm³/mol. The van der Waals surface area contributed by atoms with E-state index in [0.29, 0.717) is 17.9 Å². The Labute approximate surface area is 176 Å². The molecule has 0 bridgehead atoms. The molecule has 0 N–H and O–H groups in total. The lowest BCUT2D eigenvalue weighted by Gasteiger charge is -2.24. The maximum absolute atomic E-state index is 8.67. The first-order chi connectivity index (χ1) is 13.9. The van der Waals surface area contributed by atoms with Crippen LogP contribution >= 0.6 is 7.07 Å². The quantitative estimate of drug-likeness (QED) is 0.116. The van der Waals surface area contributed by atoms with E-state index in [-0.39, 0.29) is 0 Å². The Bertz CT molecular complexity index is 927. The van der Waals surface area contributed by atoms with E-state index in [0.717, 1.165) is 11.1 Å². The molecule has 7 nitrogen and oxygen atoms in total. The van der Waals surface area contributed by atoms with E-state index in [4.69, 9.17) is 26.6 Å². The normalized spacial score (nSPS) is 13.8. The lowest BCUT2D eigenvalue weighted by Crippen LogP contribution is -2.28. The van der Waals surface area contributed by atoms with Crippen LogP contribution in [-0.2, 0) is 11.8 Å². The molecule has 2 aromatic carbocycles. The Hall–Kier alpha value is -2.79. The molecule has 0 aliphatic heterocycles. The maximum atomic E-state index is 8.67. The van der Waals surface area contributed by atoms with Gasteiger partial charge in [-0.1, -0.05) is 31.7 Å². The van der Waals surface area contributed by atoms with Crippen molar-refractivity contribution in [1.29, 1.82) is 0 Å². The second-order valence-corrected chi connectivity index (χ2v) is 8.73. The molecule has 0 saturated heterocycles. The molecule has 0 amide bonds. The van der Waals surface area contributed by atoms with Gasteiger partial charge in [0.1, 0.15) is 11.5 Å². The third-order valence-electron chi connectivity index (χ3n) is 4.10. The Balaban J connectivity index is 1.96. The molecule has 0 saturated carbocycles. The maximum Gasteiger partial charge on any atom is 0.207 e. The molecule has 2 aromatic rings. The zero-order valence-electron chi connectivity index (χ0n) is 16.6. The summed E-state index contributed by atoms with van der Waals surface area (Å²) in [7, 11) is 0.0636. The number of hydrogen-bond acceptors (Lipinski definition) is 5. The average molecular weight is 429 g/mol. The van der Waals surface area contributed by atoms with Gasteiger partial charge in [-0.2, -0.15) is 5.10 Å². The van der Waals surface area contributed by atoms with Crippen LogP contribution in [-0.4, -0.2) is 23.8 Å². The van der Waals surface area contributed by atoms with Crippen molar-refractivity contribution in [2.45, 2.75) is 26.0 Å². The van der Waals surface area contributed by atoms with Gasteiger partial charge in [-0.15, -0.1) is 0 Å². The molecule has 0 fully saturated rings. The second-order valence-electron chi connectivity index (χ2n) is 6.30. The van der Waals surface area contributed by atoms with Crippen LogP contribution < -0.4 is 9.26 Å². The molecule has 0 spiro atoms. The molecule has 0 radical (unpaired) electrons. The summed E-state index contributed by atoms with van der Waals surface area (Å²) in [5.74, 6) is 1.33. The van der Waals surface area contributed by atoms with Crippen LogP contribution in [0, 0.1) is 0 Å². The van der Waals surface area contributed by atoms with Crippen LogP contribution in [0.1, 0.15) is 31.4 Å². The molecule has 2 rings (SSSR count). The first-order valence-electron chi connectivity index (χ1n) is 8.96. The highest BCUT2D eigenvalue weighted by atomic mass is 32.4. The van der Waals surface area contributed by atoms with E-state index in [9.17, 15) is 0 Å². The van der Waals surface area contributed by atoms with E-state index < -0.39 is 12.8 Å². The number of ether oxygens (including phenoxy) is 1. The summed E-state index contributed by atoms with van der Waals surface area (Å²) < 4.78 is 13.2. The summed E-state index contributed by atoms with van der Waals surface area (Å²) in [6, 6.07) is 14.9. The zero-order valence-corrected chi connectivity index (χ0v) is 18.5. The van der Waals surface area contributed by atoms with Gasteiger partial charge in [0.15, 0.2) is 5.72 Å². The largest absolute Gasteiger partial charge is 0.481 e.